The Labute approximate surface area is 322 Å². The third kappa shape index (κ3) is 38.6. The van der Waals surface area contributed by atoms with Crippen molar-refractivity contribution in [3.63, 3.8) is 0 Å². The van der Waals surface area contributed by atoms with Crippen LogP contribution in [0.5, 0.6) is 0 Å². The van der Waals surface area contributed by atoms with Crippen molar-refractivity contribution in [2.24, 2.45) is 0 Å². The summed E-state index contributed by atoms with van der Waals surface area (Å²) >= 11 is 0. The van der Waals surface area contributed by atoms with Gasteiger partial charge in [0.05, 0.1) is 6.42 Å². The van der Waals surface area contributed by atoms with Crippen molar-refractivity contribution in [3.8, 4) is 0 Å². The molecule has 0 saturated heterocycles. The van der Waals surface area contributed by atoms with Crippen molar-refractivity contribution in [3.05, 3.63) is 134 Å². The van der Waals surface area contributed by atoms with Crippen molar-refractivity contribution < 1.29 is 28.6 Å². The fourth-order valence-corrected chi connectivity index (χ4v) is 4.45. The Morgan fingerprint density at radius 1 is 0.415 bits per heavy atom. The van der Waals surface area contributed by atoms with E-state index in [0.29, 0.717) is 12.8 Å². The molecule has 1 atom stereocenters. The van der Waals surface area contributed by atoms with Gasteiger partial charge in [-0.25, -0.2) is 0 Å². The van der Waals surface area contributed by atoms with E-state index in [1.165, 1.54) is 0 Å². The molecule has 0 aliphatic rings. The summed E-state index contributed by atoms with van der Waals surface area (Å²) < 4.78 is 16.4. The number of rotatable bonds is 32. The summed E-state index contributed by atoms with van der Waals surface area (Å²) in [5, 5.41) is 0. The summed E-state index contributed by atoms with van der Waals surface area (Å²) in [4.78, 5) is 37.4. The lowest BCUT2D eigenvalue weighted by Gasteiger charge is -2.18. The second-order valence-electron chi connectivity index (χ2n) is 12.2. The van der Waals surface area contributed by atoms with E-state index in [1.54, 1.807) is 6.08 Å². The highest BCUT2D eigenvalue weighted by molar-refractivity contribution is 5.72. The average Bonchev–Trinajstić information content (AvgIpc) is 3.15. The van der Waals surface area contributed by atoms with Crippen LogP contribution >= 0.6 is 0 Å². The maximum absolute atomic E-state index is 12.5. The molecule has 0 spiro atoms. The monoisotopic (exact) mass is 729 g/mol. The normalized spacial score (nSPS) is 13.5. The Morgan fingerprint density at radius 3 is 1.38 bits per heavy atom. The quantitative estimate of drug-likeness (QED) is 0.0226. The second-order valence-corrected chi connectivity index (χ2v) is 12.2. The molecular weight excluding hydrogens is 661 g/mol. The van der Waals surface area contributed by atoms with Gasteiger partial charge < -0.3 is 14.2 Å². The Balaban J connectivity index is 4.59. The Hall–Kier alpha value is -4.45. The minimum Gasteiger partial charge on any atom is -0.462 e. The number of carbonyl (C=O) groups is 3. The largest absolute Gasteiger partial charge is 0.462 e. The average molecular weight is 729 g/mol. The van der Waals surface area contributed by atoms with Crippen molar-refractivity contribution in [2.75, 3.05) is 13.2 Å². The number of hydrogen-bond acceptors (Lipinski definition) is 6. The summed E-state index contributed by atoms with van der Waals surface area (Å²) in [5.74, 6) is -1.18. The van der Waals surface area contributed by atoms with Gasteiger partial charge in [-0.3, -0.25) is 14.4 Å². The minimum atomic E-state index is -0.859. The van der Waals surface area contributed by atoms with Crippen LogP contribution in [0.2, 0.25) is 0 Å². The summed E-state index contributed by atoms with van der Waals surface area (Å²) in [5.41, 5.74) is 0. The van der Waals surface area contributed by atoms with Crippen molar-refractivity contribution in [2.45, 2.75) is 130 Å². The fourth-order valence-electron chi connectivity index (χ4n) is 4.45. The number of carbonyl (C=O) groups excluding carboxylic acids is 3. The van der Waals surface area contributed by atoms with E-state index < -0.39 is 12.1 Å². The Morgan fingerprint density at radius 2 is 0.830 bits per heavy atom. The molecule has 0 aliphatic heterocycles. The standard InChI is InChI=1S/C47H68O6/c1-4-7-10-13-16-19-20-21-22-23-24-25-26-29-31-34-37-40-46(49)52-43-44(53-47(50)41-38-35-32-28-18-15-12-9-6-3)42-51-45(48)39-36-33-30-27-17-14-11-8-5-2/h7-13,16-28,35,38,44H,4-6,14-15,29-34,36-37,39-43H2,1-3H3/b10-7-,11-8-,12-9-,16-13-,20-19-,22-21-,24-23+,26-25-,27-17-,28-18-,38-35-. The topological polar surface area (TPSA) is 78.9 Å². The molecular formula is C47H68O6. The second kappa shape index (κ2) is 40.3. The molecule has 0 aliphatic carbocycles. The summed E-state index contributed by atoms with van der Waals surface area (Å²) in [6.45, 7) is 6.02. The molecule has 0 fully saturated rings. The summed E-state index contributed by atoms with van der Waals surface area (Å²) in [7, 11) is 0. The molecule has 0 radical (unpaired) electrons. The molecule has 0 rings (SSSR count). The molecule has 0 aromatic heterocycles. The SMILES string of the molecule is CC\C=C/C=C\C=C/C=C\C=C\C=C/CCCCCC(=O)OCC(COC(=O)CCCC/C=C\C/C=C\CC)OC(=O)C/C=C\C/C=C\C/C=C\CC. The number of allylic oxidation sites excluding steroid dienone is 21. The molecule has 53 heavy (non-hydrogen) atoms. The van der Waals surface area contributed by atoms with Crippen LogP contribution < -0.4 is 0 Å². The van der Waals surface area contributed by atoms with Gasteiger partial charge >= 0.3 is 17.9 Å². The minimum absolute atomic E-state index is 0.0806. The maximum Gasteiger partial charge on any atom is 0.310 e. The number of esters is 3. The lowest BCUT2D eigenvalue weighted by atomic mass is 10.1. The third-order valence-electron chi connectivity index (χ3n) is 7.33. The molecule has 6 nitrogen and oxygen atoms in total. The molecule has 292 valence electrons. The van der Waals surface area contributed by atoms with E-state index in [1.807, 2.05) is 72.9 Å². The molecule has 0 saturated carbocycles. The van der Waals surface area contributed by atoms with Crippen molar-refractivity contribution >= 4 is 17.9 Å². The molecule has 6 heteroatoms. The van der Waals surface area contributed by atoms with Gasteiger partial charge in [0, 0.05) is 12.8 Å². The first-order chi connectivity index (χ1) is 26.0. The van der Waals surface area contributed by atoms with E-state index in [9.17, 15) is 14.4 Å². The van der Waals surface area contributed by atoms with E-state index in [-0.39, 0.29) is 44.4 Å². The molecule has 0 N–H and O–H groups in total. The van der Waals surface area contributed by atoms with Crippen LogP contribution in [0.15, 0.2) is 134 Å². The third-order valence-corrected chi connectivity index (χ3v) is 7.33. The van der Waals surface area contributed by atoms with Crippen LogP contribution in [-0.4, -0.2) is 37.2 Å². The zero-order chi connectivity index (χ0) is 38.7. The molecule has 0 aromatic carbocycles. The van der Waals surface area contributed by atoms with Gasteiger partial charge in [0.15, 0.2) is 6.10 Å². The van der Waals surface area contributed by atoms with E-state index in [0.717, 1.165) is 70.6 Å². The Bertz CT molecular complexity index is 1250. The number of unbranched alkanes of at least 4 members (excludes halogenated alkanes) is 5. The predicted octanol–water partition coefficient (Wildman–Crippen LogP) is 12.4. The van der Waals surface area contributed by atoms with Gasteiger partial charge in [-0.05, 0) is 77.0 Å². The first-order valence-electron chi connectivity index (χ1n) is 19.8. The van der Waals surface area contributed by atoms with Crippen LogP contribution in [0.4, 0.5) is 0 Å². The molecule has 1 unspecified atom stereocenters. The van der Waals surface area contributed by atoms with Crippen molar-refractivity contribution in [1.29, 1.82) is 0 Å². The van der Waals surface area contributed by atoms with Gasteiger partial charge in [0.25, 0.3) is 0 Å². The van der Waals surface area contributed by atoms with Crippen LogP contribution in [-0.2, 0) is 28.6 Å². The van der Waals surface area contributed by atoms with Crippen LogP contribution in [0.1, 0.15) is 124 Å². The van der Waals surface area contributed by atoms with E-state index in [2.05, 4.69) is 75.5 Å². The van der Waals surface area contributed by atoms with Gasteiger partial charge in [-0.15, -0.1) is 0 Å². The van der Waals surface area contributed by atoms with Crippen LogP contribution in [0, 0.1) is 0 Å². The first-order valence-corrected chi connectivity index (χ1v) is 19.8. The molecule has 0 aromatic rings. The lowest BCUT2D eigenvalue weighted by molar-refractivity contribution is -0.166. The van der Waals surface area contributed by atoms with Gasteiger partial charge in [-0.2, -0.15) is 0 Å². The highest BCUT2D eigenvalue weighted by Crippen LogP contribution is 2.08. The summed E-state index contributed by atoms with van der Waals surface area (Å²) in [6.07, 6.45) is 56.2. The lowest BCUT2D eigenvalue weighted by Crippen LogP contribution is -2.30. The van der Waals surface area contributed by atoms with E-state index >= 15 is 0 Å². The molecule has 0 bridgehead atoms. The van der Waals surface area contributed by atoms with E-state index in [4.69, 9.17) is 14.2 Å². The molecule has 0 amide bonds. The highest BCUT2D eigenvalue weighted by Gasteiger charge is 2.19. The zero-order valence-corrected chi connectivity index (χ0v) is 33.0. The van der Waals surface area contributed by atoms with Crippen LogP contribution in [0.25, 0.3) is 0 Å². The first kappa shape index (κ1) is 48.5. The van der Waals surface area contributed by atoms with Crippen molar-refractivity contribution in [1.82, 2.24) is 0 Å². The van der Waals surface area contributed by atoms with Gasteiger partial charge in [0.1, 0.15) is 13.2 Å². The molecule has 0 heterocycles. The number of hydrogen-bond donors (Lipinski definition) is 0. The fraction of sp³-hybridized carbons (Fsp3) is 0.468. The summed E-state index contributed by atoms with van der Waals surface area (Å²) in [6, 6.07) is 0. The van der Waals surface area contributed by atoms with Gasteiger partial charge in [-0.1, -0.05) is 161 Å². The Kier molecular flexibility index (Phi) is 36.9. The zero-order valence-electron chi connectivity index (χ0n) is 33.0. The smallest absolute Gasteiger partial charge is 0.310 e. The van der Waals surface area contributed by atoms with Crippen LogP contribution in [0.3, 0.4) is 0 Å². The van der Waals surface area contributed by atoms with Gasteiger partial charge in [0.2, 0.25) is 0 Å². The highest BCUT2D eigenvalue weighted by atomic mass is 16.6. The number of ether oxygens (including phenoxy) is 3. The predicted molar refractivity (Wildman–Crippen MR) is 223 cm³/mol. The maximum atomic E-state index is 12.5.